The fourth-order valence-electron chi connectivity index (χ4n) is 3.70. The molecule has 0 bridgehead atoms. The highest BCUT2D eigenvalue weighted by molar-refractivity contribution is 7.90. The Morgan fingerprint density at radius 2 is 1.64 bits per heavy atom. The SMILES string of the molecule is CS(=O)(=O)c1cccc(-c2ccnc(C3CC(C(F)(F)C(F)(F)F)=NN3c3ccc(F)cc3F)c2)c1. The van der Waals surface area contributed by atoms with E-state index in [1.807, 2.05) is 0 Å². The van der Waals surface area contributed by atoms with E-state index in [-0.39, 0.29) is 10.6 Å². The van der Waals surface area contributed by atoms with Crippen LogP contribution in [0.25, 0.3) is 11.1 Å². The molecule has 2 aromatic carbocycles. The summed E-state index contributed by atoms with van der Waals surface area (Å²) in [6, 6.07) is 9.34. The monoisotopic (exact) mass is 531 g/mol. The van der Waals surface area contributed by atoms with Gasteiger partial charge in [-0.2, -0.15) is 27.1 Å². The van der Waals surface area contributed by atoms with Gasteiger partial charge in [-0.05, 0) is 47.5 Å². The molecule has 2 heterocycles. The Hall–Kier alpha value is -3.48. The Kier molecular flexibility index (Phi) is 6.31. The van der Waals surface area contributed by atoms with Gasteiger partial charge in [0.2, 0.25) is 0 Å². The average Bonchev–Trinajstić information content (AvgIpc) is 3.24. The van der Waals surface area contributed by atoms with Crippen LogP contribution in [0, 0.1) is 11.6 Å². The lowest BCUT2D eigenvalue weighted by atomic mass is 9.99. The van der Waals surface area contributed by atoms with E-state index >= 15 is 0 Å². The number of sulfone groups is 1. The van der Waals surface area contributed by atoms with Crippen molar-refractivity contribution in [3.05, 3.63) is 78.1 Å². The van der Waals surface area contributed by atoms with Crippen LogP contribution in [0.3, 0.4) is 0 Å². The molecule has 0 saturated carbocycles. The molecule has 0 N–H and O–H groups in total. The third-order valence-electron chi connectivity index (χ3n) is 5.50. The Balaban J connectivity index is 1.81. The molecule has 190 valence electrons. The second-order valence-corrected chi connectivity index (χ2v) is 10.1. The molecule has 3 aromatic rings. The summed E-state index contributed by atoms with van der Waals surface area (Å²) in [5.74, 6) is -7.52. The van der Waals surface area contributed by atoms with Crippen LogP contribution in [0.15, 0.2) is 70.8 Å². The molecule has 1 aromatic heterocycles. The van der Waals surface area contributed by atoms with Gasteiger partial charge < -0.3 is 0 Å². The van der Waals surface area contributed by atoms with Gasteiger partial charge in [-0.3, -0.25) is 9.99 Å². The standard InChI is InChI=1S/C23H16F7N3O2S/c1-36(34,35)16-4-2-3-13(9-16)14-7-8-31-18(10-14)20-12-21(22(26,27)23(28,29)30)32-33(20)19-6-5-15(24)11-17(19)25/h2-11,20H,12H2,1H3. The van der Waals surface area contributed by atoms with Gasteiger partial charge in [0.05, 0.1) is 16.3 Å². The van der Waals surface area contributed by atoms with Gasteiger partial charge in [-0.1, -0.05) is 12.1 Å². The average molecular weight is 531 g/mol. The number of aromatic nitrogens is 1. The quantitative estimate of drug-likeness (QED) is 0.383. The summed E-state index contributed by atoms with van der Waals surface area (Å²) in [7, 11) is -3.55. The van der Waals surface area contributed by atoms with Gasteiger partial charge in [-0.15, -0.1) is 0 Å². The highest BCUT2D eigenvalue weighted by Crippen LogP contribution is 2.45. The summed E-state index contributed by atoms with van der Waals surface area (Å²) < 4.78 is 119. The zero-order chi connectivity index (χ0) is 26.5. The highest BCUT2D eigenvalue weighted by Gasteiger charge is 2.63. The molecule has 4 rings (SSSR count). The van der Waals surface area contributed by atoms with E-state index in [2.05, 4.69) is 10.1 Å². The van der Waals surface area contributed by atoms with E-state index in [1.165, 1.54) is 36.5 Å². The van der Waals surface area contributed by atoms with Crippen molar-refractivity contribution in [1.29, 1.82) is 0 Å². The van der Waals surface area contributed by atoms with Crippen LogP contribution in [0.4, 0.5) is 36.4 Å². The van der Waals surface area contributed by atoms with Crippen molar-refractivity contribution in [2.24, 2.45) is 5.10 Å². The molecule has 1 aliphatic rings. The zero-order valence-electron chi connectivity index (χ0n) is 18.3. The van der Waals surface area contributed by atoms with E-state index in [0.717, 1.165) is 18.4 Å². The minimum atomic E-state index is -5.95. The number of hydrogen-bond donors (Lipinski definition) is 0. The minimum absolute atomic E-state index is 0.00433. The topological polar surface area (TPSA) is 62.6 Å². The van der Waals surface area contributed by atoms with Crippen molar-refractivity contribution < 1.29 is 39.2 Å². The normalized spacial score (nSPS) is 16.8. The van der Waals surface area contributed by atoms with Gasteiger partial charge in [0.1, 0.15) is 17.6 Å². The Morgan fingerprint density at radius 1 is 0.944 bits per heavy atom. The Morgan fingerprint density at radius 3 is 2.28 bits per heavy atom. The first-order valence-electron chi connectivity index (χ1n) is 10.2. The van der Waals surface area contributed by atoms with Crippen LogP contribution in [-0.2, 0) is 9.84 Å². The second-order valence-electron chi connectivity index (χ2n) is 8.05. The number of nitrogens with zero attached hydrogens (tertiary/aromatic N) is 3. The van der Waals surface area contributed by atoms with Crippen molar-refractivity contribution in [3.8, 4) is 11.1 Å². The number of alkyl halides is 5. The van der Waals surface area contributed by atoms with Crippen LogP contribution in [0.2, 0.25) is 0 Å². The van der Waals surface area contributed by atoms with Crippen LogP contribution >= 0.6 is 0 Å². The molecule has 36 heavy (non-hydrogen) atoms. The molecule has 1 unspecified atom stereocenters. The predicted molar refractivity (Wildman–Crippen MR) is 117 cm³/mol. The Bertz CT molecular complexity index is 1460. The number of halogens is 7. The number of benzene rings is 2. The molecular weight excluding hydrogens is 515 g/mol. The molecule has 1 atom stereocenters. The molecular formula is C23H16F7N3O2S. The molecule has 5 nitrogen and oxygen atoms in total. The van der Waals surface area contributed by atoms with E-state index < -0.39 is 57.4 Å². The fraction of sp³-hybridized carbons (Fsp3) is 0.217. The molecule has 0 aliphatic carbocycles. The molecule has 0 spiro atoms. The van der Waals surface area contributed by atoms with E-state index in [1.54, 1.807) is 6.07 Å². The largest absolute Gasteiger partial charge is 0.459 e. The van der Waals surface area contributed by atoms with Crippen molar-refractivity contribution >= 4 is 21.2 Å². The lowest BCUT2D eigenvalue weighted by molar-refractivity contribution is -0.249. The molecule has 0 amide bonds. The number of hydrazone groups is 1. The number of rotatable bonds is 5. The molecule has 0 fully saturated rings. The third kappa shape index (κ3) is 4.79. The van der Waals surface area contributed by atoms with Crippen LogP contribution in [-0.4, -0.2) is 37.5 Å². The van der Waals surface area contributed by atoms with E-state index in [9.17, 15) is 39.2 Å². The lowest BCUT2D eigenvalue weighted by Crippen LogP contribution is -2.43. The minimum Gasteiger partial charge on any atom is -0.259 e. The predicted octanol–water partition coefficient (Wildman–Crippen LogP) is 5.94. The van der Waals surface area contributed by atoms with Gasteiger partial charge >= 0.3 is 12.1 Å². The van der Waals surface area contributed by atoms with Crippen LogP contribution in [0.5, 0.6) is 0 Å². The van der Waals surface area contributed by atoms with Crippen LogP contribution < -0.4 is 5.01 Å². The lowest BCUT2D eigenvalue weighted by Gasteiger charge is -2.24. The third-order valence-corrected chi connectivity index (χ3v) is 6.61. The molecule has 0 saturated heterocycles. The van der Waals surface area contributed by atoms with E-state index in [4.69, 9.17) is 0 Å². The fourth-order valence-corrected chi connectivity index (χ4v) is 4.37. The van der Waals surface area contributed by atoms with Gasteiger partial charge in [0.25, 0.3) is 0 Å². The van der Waals surface area contributed by atoms with Gasteiger partial charge in [-0.25, -0.2) is 17.2 Å². The van der Waals surface area contributed by atoms with E-state index in [0.29, 0.717) is 22.2 Å². The van der Waals surface area contributed by atoms with Crippen LogP contribution in [0.1, 0.15) is 18.2 Å². The van der Waals surface area contributed by atoms with Gasteiger partial charge in [0.15, 0.2) is 15.7 Å². The second kappa shape index (κ2) is 8.87. The van der Waals surface area contributed by atoms with Crippen molar-refractivity contribution in [3.63, 3.8) is 0 Å². The summed E-state index contributed by atoms with van der Waals surface area (Å²) in [5, 5.41) is 4.01. The first kappa shape index (κ1) is 25.6. The summed E-state index contributed by atoms with van der Waals surface area (Å²) in [5.41, 5.74) is -1.35. The summed E-state index contributed by atoms with van der Waals surface area (Å²) >= 11 is 0. The molecule has 0 radical (unpaired) electrons. The summed E-state index contributed by atoms with van der Waals surface area (Å²) in [4.78, 5) is 4.07. The molecule has 1 aliphatic heterocycles. The number of pyridine rings is 1. The van der Waals surface area contributed by atoms with Crippen molar-refractivity contribution in [1.82, 2.24) is 4.98 Å². The first-order valence-corrected chi connectivity index (χ1v) is 12.1. The molecule has 13 heteroatoms. The maximum Gasteiger partial charge on any atom is 0.459 e. The van der Waals surface area contributed by atoms with Crippen molar-refractivity contribution in [2.75, 3.05) is 11.3 Å². The summed E-state index contributed by atoms with van der Waals surface area (Å²) in [6.07, 6.45) is -4.65. The first-order chi connectivity index (χ1) is 16.7. The number of hydrogen-bond acceptors (Lipinski definition) is 5. The Labute approximate surface area is 200 Å². The number of anilines is 1. The summed E-state index contributed by atoms with van der Waals surface area (Å²) in [6.45, 7) is 0. The zero-order valence-corrected chi connectivity index (χ0v) is 19.1. The highest BCUT2D eigenvalue weighted by atomic mass is 32.2. The smallest absolute Gasteiger partial charge is 0.259 e. The van der Waals surface area contributed by atoms with Gasteiger partial charge in [0, 0.05) is 24.9 Å². The maximum atomic E-state index is 14.5. The van der Waals surface area contributed by atoms with Crippen molar-refractivity contribution in [2.45, 2.75) is 29.5 Å². The maximum absolute atomic E-state index is 14.5.